The number of anilines is 1. The number of methoxy groups -OCH3 is 1. The third kappa shape index (κ3) is 3.63. The highest BCUT2D eigenvalue weighted by Crippen LogP contribution is 2.22. The summed E-state index contributed by atoms with van der Waals surface area (Å²) in [6, 6.07) is 4.79. The van der Waals surface area contributed by atoms with Crippen LogP contribution in [-0.2, 0) is 4.79 Å². The number of nitrogens with two attached hydrogens (primary N) is 1. The first-order valence-electron chi connectivity index (χ1n) is 6.25. The fourth-order valence-electron chi connectivity index (χ4n) is 1.67. The van der Waals surface area contributed by atoms with E-state index in [0.29, 0.717) is 17.0 Å². The van der Waals surface area contributed by atoms with Crippen molar-refractivity contribution < 1.29 is 14.3 Å². The quantitative estimate of drug-likeness (QED) is 0.694. The molecule has 110 valence electrons. The van der Waals surface area contributed by atoms with Gasteiger partial charge in [-0.15, -0.1) is 0 Å². The Morgan fingerprint density at radius 2 is 2.00 bits per heavy atom. The minimum absolute atomic E-state index is 0.132. The molecule has 0 atom stereocenters. The topological polar surface area (TPSA) is 93.5 Å². The molecule has 0 saturated heterocycles. The van der Waals surface area contributed by atoms with Crippen LogP contribution in [0, 0.1) is 5.41 Å². The molecule has 0 aliphatic rings. The normalized spacial score (nSPS) is 10.8. The maximum Gasteiger partial charge on any atom is 0.251 e. The van der Waals surface area contributed by atoms with Crippen LogP contribution in [0.3, 0.4) is 0 Å². The van der Waals surface area contributed by atoms with E-state index in [-0.39, 0.29) is 18.4 Å². The van der Waals surface area contributed by atoms with E-state index in [1.807, 2.05) is 0 Å². The van der Waals surface area contributed by atoms with Gasteiger partial charge >= 0.3 is 0 Å². The second kappa shape index (κ2) is 6.27. The van der Waals surface area contributed by atoms with Gasteiger partial charge in [-0.05, 0) is 32.0 Å². The zero-order valence-electron chi connectivity index (χ0n) is 12.2. The molecule has 0 bridgehead atoms. The lowest BCUT2D eigenvalue weighted by molar-refractivity contribution is -0.128. The number of ether oxygens (including phenoxy) is 1. The second-order valence-electron chi connectivity index (χ2n) is 5.10. The number of nitrogen functional groups attached to an aromatic ring is 1. The Kier molecular flexibility index (Phi) is 4.96. The van der Waals surface area contributed by atoms with E-state index in [2.05, 4.69) is 10.6 Å². The molecule has 4 N–H and O–H groups in total. The summed E-state index contributed by atoms with van der Waals surface area (Å²) in [5.41, 5.74) is 5.91. The molecule has 0 saturated carbocycles. The first-order valence-corrected chi connectivity index (χ1v) is 6.25. The smallest absolute Gasteiger partial charge is 0.251 e. The number of rotatable bonds is 5. The highest BCUT2D eigenvalue weighted by atomic mass is 16.5. The Morgan fingerprint density at radius 1 is 1.35 bits per heavy atom. The summed E-state index contributed by atoms with van der Waals surface area (Å²) in [5.74, 6) is 0.0381. The van der Waals surface area contributed by atoms with Crippen molar-refractivity contribution in [3.63, 3.8) is 0 Å². The summed E-state index contributed by atoms with van der Waals surface area (Å²) in [5, 5.41) is 5.30. The summed E-state index contributed by atoms with van der Waals surface area (Å²) in [6.45, 7) is 3.75. The molecule has 0 spiro atoms. The molecule has 0 unspecified atom stereocenters. The lowest BCUT2D eigenvalue weighted by Gasteiger charge is -2.22. The van der Waals surface area contributed by atoms with Crippen LogP contribution in [-0.4, -0.2) is 32.5 Å². The molecule has 0 heterocycles. The molecule has 6 heteroatoms. The fraction of sp³-hybridized carbons (Fsp3) is 0.429. The number of nitrogens with one attached hydrogen (secondary N) is 2. The maximum atomic E-state index is 12.0. The Bertz CT molecular complexity index is 512. The van der Waals surface area contributed by atoms with Crippen LogP contribution in [0.4, 0.5) is 5.69 Å². The average Bonchev–Trinajstić information content (AvgIpc) is 2.44. The number of benzene rings is 1. The molecule has 1 aromatic carbocycles. The third-order valence-corrected chi connectivity index (χ3v) is 3.03. The number of hydrogen-bond acceptors (Lipinski definition) is 4. The van der Waals surface area contributed by atoms with Crippen LogP contribution in [0.2, 0.25) is 0 Å². The minimum atomic E-state index is -0.678. The van der Waals surface area contributed by atoms with Gasteiger partial charge in [0.15, 0.2) is 0 Å². The molecule has 1 rings (SSSR count). The van der Waals surface area contributed by atoms with Crippen molar-refractivity contribution in [3.05, 3.63) is 23.8 Å². The number of carbonyl (C=O) groups is 2. The minimum Gasteiger partial charge on any atom is -0.495 e. The standard InChI is InChI=1S/C14H21N3O3/c1-14(2,13(19)16-3)8-17-12(18)9-5-6-10(15)11(7-9)20-4/h5-7H,8,15H2,1-4H3,(H,16,19)(H,17,18). The molecular formula is C14H21N3O3. The summed E-state index contributed by atoms with van der Waals surface area (Å²) < 4.78 is 5.07. The van der Waals surface area contributed by atoms with E-state index in [9.17, 15) is 9.59 Å². The zero-order valence-corrected chi connectivity index (χ0v) is 12.2. The molecule has 6 nitrogen and oxygen atoms in total. The van der Waals surface area contributed by atoms with Crippen molar-refractivity contribution >= 4 is 17.5 Å². The van der Waals surface area contributed by atoms with Crippen LogP contribution in [0.1, 0.15) is 24.2 Å². The van der Waals surface area contributed by atoms with Crippen molar-refractivity contribution in [1.82, 2.24) is 10.6 Å². The van der Waals surface area contributed by atoms with Crippen LogP contribution in [0.15, 0.2) is 18.2 Å². The molecule has 0 fully saturated rings. The number of hydrogen-bond donors (Lipinski definition) is 3. The van der Waals surface area contributed by atoms with Gasteiger partial charge in [0.25, 0.3) is 5.91 Å². The maximum absolute atomic E-state index is 12.0. The second-order valence-corrected chi connectivity index (χ2v) is 5.10. The van der Waals surface area contributed by atoms with E-state index in [1.165, 1.54) is 7.11 Å². The summed E-state index contributed by atoms with van der Waals surface area (Å²) in [7, 11) is 3.05. The molecule has 0 aromatic heterocycles. The molecule has 0 aliphatic carbocycles. The molecule has 2 amide bonds. The Labute approximate surface area is 118 Å². The molecule has 1 aromatic rings. The largest absolute Gasteiger partial charge is 0.495 e. The van der Waals surface area contributed by atoms with Gasteiger partial charge in [0.1, 0.15) is 5.75 Å². The lowest BCUT2D eigenvalue weighted by Crippen LogP contribution is -2.43. The lowest BCUT2D eigenvalue weighted by atomic mass is 9.92. The van der Waals surface area contributed by atoms with Gasteiger partial charge in [-0.3, -0.25) is 9.59 Å². The van der Waals surface area contributed by atoms with Crippen molar-refractivity contribution in [2.75, 3.05) is 26.4 Å². The van der Waals surface area contributed by atoms with E-state index in [0.717, 1.165) is 0 Å². The van der Waals surface area contributed by atoms with E-state index < -0.39 is 5.41 Å². The number of carbonyl (C=O) groups excluding carboxylic acids is 2. The Balaban J connectivity index is 2.75. The molecule has 20 heavy (non-hydrogen) atoms. The van der Waals surface area contributed by atoms with Crippen molar-refractivity contribution in [2.24, 2.45) is 5.41 Å². The highest BCUT2D eigenvalue weighted by molar-refractivity contribution is 5.95. The van der Waals surface area contributed by atoms with Gasteiger partial charge in [0.2, 0.25) is 5.91 Å². The summed E-state index contributed by atoms with van der Waals surface area (Å²) in [4.78, 5) is 23.7. The summed E-state index contributed by atoms with van der Waals surface area (Å²) in [6.07, 6.45) is 0. The Morgan fingerprint density at radius 3 is 2.55 bits per heavy atom. The highest BCUT2D eigenvalue weighted by Gasteiger charge is 2.27. The zero-order chi connectivity index (χ0) is 15.3. The van der Waals surface area contributed by atoms with Gasteiger partial charge in [-0.25, -0.2) is 0 Å². The van der Waals surface area contributed by atoms with Crippen molar-refractivity contribution in [1.29, 1.82) is 0 Å². The van der Waals surface area contributed by atoms with E-state index >= 15 is 0 Å². The monoisotopic (exact) mass is 279 g/mol. The predicted octanol–water partition coefficient (Wildman–Crippen LogP) is 0.779. The molecular weight excluding hydrogens is 258 g/mol. The first kappa shape index (κ1) is 15.8. The molecule has 0 radical (unpaired) electrons. The van der Waals surface area contributed by atoms with Crippen molar-refractivity contribution in [2.45, 2.75) is 13.8 Å². The summed E-state index contributed by atoms with van der Waals surface area (Å²) >= 11 is 0. The van der Waals surface area contributed by atoms with E-state index in [1.54, 1.807) is 39.1 Å². The third-order valence-electron chi connectivity index (χ3n) is 3.03. The SMILES string of the molecule is CNC(=O)C(C)(C)CNC(=O)c1ccc(N)c(OC)c1. The predicted molar refractivity (Wildman–Crippen MR) is 77.6 cm³/mol. The van der Waals surface area contributed by atoms with Crippen LogP contribution in [0.5, 0.6) is 5.75 Å². The van der Waals surface area contributed by atoms with Crippen LogP contribution >= 0.6 is 0 Å². The Hall–Kier alpha value is -2.24. The van der Waals surface area contributed by atoms with Gasteiger partial charge in [0.05, 0.1) is 18.2 Å². The van der Waals surface area contributed by atoms with Crippen LogP contribution < -0.4 is 21.1 Å². The molecule has 0 aliphatic heterocycles. The average molecular weight is 279 g/mol. The van der Waals surface area contributed by atoms with Gasteiger partial charge in [-0.2, -0.15) is 0 Å². The van der Waals surface area contributed by atoms with Gasteiger partial charge in [-0.1, -0.05) is 0 Å². The fourth-order valence-corrected chi connectivity index (χ4v) is 1.67. The number of amides is 2. The van der Waals surface area contributed by atoms with Gasteiger partial charge < -0.3 is 21.1 Å². The van der Waals surface area contributed by atoms with Gasteiger partial charge in [0, 0.05) is 19.2 Å². The van der Waals surface area contributed by atoms with E-state index in [4.69, 9.17) is 10.5 Å². The van der Waals surface area contributed by atoms with Crippen LogP contribution in [0.25, 0.3) is 0 Å². The van der Waals surface area contributed by atoms with Crippen molar-refractivity contribution in [3.8, 4) is 5.75 Å². The first-order chi connectivity index (χ1) is 9.31.